The number of hydrogen-bond donors (Lipinski definition) is 4. The van der Waals surface area contributed by atoms with Gasteiger partial charge in [0.05, 0.1) is 0 Å². The molecular formula is C11H16N4S2. The van der Waals surface area contributed by atoms with Crippen LogP contribution in [0.25, 0.3) is 0 Å². The molecule has 0 spiro atoms. The van der Waals surface area contributed by atoms with E-state index in [9.17, 15) is 0 Å². The summed E-state index contributed by atoms with van der Waals surface area (Å²) in [5.74, 6) is 1.37. The predicted octanol–water partition coefficient (Wildman–Crippen LogP) is 2.25. The van der Waals surface area contributed by atoms with Crippen LogP contribution >= 0.6 is 23.5 Å². The lowest BCUT2D eigenvalue weighted by Gasteiger charge is -2.09. The van der Waals surface area contributed by atoms with Gasteiger partial charge in [-0.15, -0.1) is 0 Å². The van der Waals surface area contributed by atoms with Crippen molar-refractivity contribution >= 4 is 33.9 Å². The minimum absolute atomic E-state index is 0.121. The average molecular weight is 268 g/mol. The van der Waals surface area contributed by atoms with Crippen LogP contribution in [0.2, 0.25) is 0 Å². The van der Waals surface area contributed by atoms with Gasteiger partial charge < -0.3 is 11.5 Å². The van der Waals surface area contributed by atoms with Gasteiger partial charge in [-0.1, -0.05) is 47.3 Å². The molecular weight excluding hydrogens is 252 g/mol. The Morgan fingerprint density at radius 2 is 1.59 bits per heavy atom. The van der Waals surface area contributed by atoms with E-state index in [-0.39, 0.29) is 10.3 Å². The van der Waals surface area contributed by atoms with Gasteiger partial charge in [-0.2, -0.15) is 0 Å². The van der Waals surface area contributed by atoms with Crippen molar-refractivity contribution in [3.63, 3.8) is 0 Å². The highest BCUT2D eigenvalue weighted by Crippen LogP contribution is 2.22. The fourth-order valence-electron chi connectivity index (χ4n) is 1.34. The molecule has 1 aromatic carbocycles. The molecule has 0 unspecified atom stereocenters. The zero-order chi connectivity index (χ0) is 12.8. The first-order chi connectivity index (χ1) is 7.99. The van der Waals surface area contributed by atoms with E-state index in [0.29, 0.717) is 11.5 Å². The van der Waals surface area contributed by atoms with Crippen LogP contribution in [-0.4, -0.2) is 10.3 Å². The summed E-state index contributed by atoms with van der Waals surface area (Å²) < 4.78 is 0. The van der Waals surface area contributed by atoms with Crippen molar-refractivity contribution in [2.45, 2.75) is 18.4 Å². The summed E-state index contributed by atoms with van der Waals surface area (Å²) in [7, 11) is 0. The molecule has 0 bridgehead atoms. The fourth-order valence-corrected chi connectivity index (χ4v) is 2.51. The molecule has 0 radical (unpaired) electrons. The van der Waals surface area contributed by atoms with E-state index >= 15 is 0 Å². The summed E-state index contributed by atoms with van der Waals surface area (Å²) in [4.78, 5) is 0. The third-order valence-electron chi connectivity index (χ3n) is 2.13. The van der Waals surface area contributed by atoms with Crippen molar-refractivity contribution in [1.29, 1.82) is 10.8 Å². The van der Waals surface area contributed by atoms with Crippen molar-refractivity contribution in [3.05, 3.63) is 34.9 Å². The Kier molecular flexibility index (Phi) is 5.37. The molecule has 0 aliphatic heterocycles. The molecule has 0 amide bonds. The van der Waals surface area contributed by atoms with E-state index in [2.05, 4.69) is 6.07 Å². The van der Waals surface area contributed by atoms with E-state index in [0.717, 1.165) is 11.1 Å². The maximum atomic E-state index is 7.22. The van der Waals surface area contributed by atoms with Crippen molar-refractivity contribution in [3.8, 4) is 0 Å². The van der Waals surface area contributed by atoms with E-state index in [1.807, 2.05) is 19.1 Å². The van der Waals surface area contributed by atoms with Crippen molar-refractivity contribution in [2.24, 2.45) is 11.5 Å². The Morgan fingerprint density at radius 1 is 1.06 bits per heavy atom. The van der Waals surface area contributed by atoms with Gasteiger partial charge in [-0.25, -0.2) is 0 Å². The van der Waals surface area contributed by atoms with Crippen LogP contribution in [0, 0.1) is 17.7 Å². The van der Waals surface area contributed by atoms with Crippen molar-refractivity contribution in [2.75, 3.05) is 0 Å². The lowest BCUT2D eigenvalue weighted by Crippen LogP contribution is -2.06. The Balaban J connectivity index is 2.79. The molecule has 0 fully saturated rings. The maximum Gasteiger partial charge on any atom is 0.151 e. The molecule has 0 saturated carbocycles. The molecule has 0 heterocycles. The molecule has 0 aliphatic carbocycles. The molecule has 0 atom stereocenters. The van der Waals surface area contributed by atoms with Gasteiger partial charge in [-0.3, -0.25) is 10.8 Å². The number of nitrogens with two attached hydrogens (primary N) is 2. The third kappa shape index (κ3) is 5.14. The number of rotatable bonds is 4. The first kappa shape index (κ1) is 13.9. The van der Waals surface area contributed by atoms with Gasteiger partial charge in [0.1, 0.15) is 0 Å². The molecule has 6 heteroatoms. The number of amidine groups is 2. The summed E-state index contributed by atoms with van der Waals surface area (Å²) in [6.45, 7) is 2.03. The first-order valence-electron chi connectivity index (χ1n) is 5.01. The monoisotopic (exact) mass is 268 g/mol. The SMILES string of the molecule is Cc1ccc(CSC(=N)N)c(CSC(=N)N)c1. The highest BCUT2D eigenvalue weighted by atomic mass is 32.2. The van der Waals surface area contributed by atoms with Crippen LogP contribution in [0.5, 0.6) is 0 Å². The minimum Gasteiger partial charge on any atom is -0.379 e. The van der Waals surface area contributed by atoms with Crippen LogP contribution in [-0.2, 0) is 11.5 Å². The van der Waals surface area contributed by atoms with E-state index < -0.39 is 0 Å². The van der Waals surface area contributed by atoms with Crippen LogP contribution in [0.3, 0.4) is 0 Å². The fraction of sp³-hybridized carbons (Fsp3) is 0.273. The molecule has 1 aromatic rings. The topological polar surface area (TPSA) is 99.7 Å². The van der Waals surface area contributed by atoms with Crippen LogP contribution in [0.15, 0.2) is 18.2 Å². The predicted molar refractivity (Wildman–Crippen MR) is 77.6 cm³/mol. The van der Waals surface area contributed by atoms with Gasteiger partial charge in [-0.05, 0) is 18.1 Å². The second-order valence-corrected chi connectivity index (χ2v) is 5.61. The van der Waals surface area contributed by atoms with Crippen molar-refractivity contribution in [1.82, 2.24) is 0 Å². The summed E-state index contributed by atoms with van der Waals surface area (Å²) in [6, 6.07) is 6.17. The van der Waals surface area contributed by atoms with Gasteiger partial charge in [0.15, 0.2) is 10.3 Å². The number of aryl methyl sites for hydroxylation is 1. The summed E-state index contributed by atoms with van der Waals surface area (Å²) in [6.07, 6.45) is 0. The summed E-state index contributed by atoms with van der Waals surface area (Å²) in [5, 5.41) is 14.7. The van der Waals surface area contributed by atoms with E-state index in [4.69, 9.17) is 22.3 Å². The zero-order valence-corrected chi connectivity index (χ0v) is 11.3. The molecule has 0 aromatic heterocycles. The standard InChI is InChI=1S/C11H16N4S2/c1-7-2-3-8(5-16-10(12)13)9(4-7)6-17-11(14)15/h2-4H,5-6H2,1H3,(H3,12,13)(H3,14,15). The van der Waals surface area contributed by atoms with E-state index in [1.54, 1.807) is 0 Å². The zero-order valence-electron chi connectivity index (χ0n) is 9.62. The number of hydrogen-bond acceptors (Lipinski definition) is 4. The molecule has 0 saturated heterocycles. The Morgan fingerprint density at radius 3 is 2.12 bits per heavy atom. The third-order valence-corrected chi connectivity index (χ3v) is 3.66. The van der Waals surface area contributed by atoms with E-state index in [1.165, 1.54) is 29.1 Å². The Labute approximate surface area is 110 Å². The van der Waals surface area contributed by atoms with Gasteiger partial charge in [0.2, 0.25) is 0 Å². The summed E-state index contributed by atoms with van der Waals surface area (Å²) >= 11 is 2.61. The molecule has 17 heavy (non-hydrogen) atoms. The largest absolute Gasteiger partial charge is 0.379 e. The average Bonchev–Trinajstić information content (AvgIpc) is 2.24. The van der Waals surface area contributed by atoms with Crippen molar-refractivity contribution < 1.29 is 0 Å². The first-order valence-corrected chi connectivity index (χ1v) is 6.98. The van der Waals surface area contributed by atoms with Gasteiger partial charge in [0.25, 0.3) is 0 Å². The molecule has 1 rings (SSSR count). The second kappa shape index (κ2) is 6.56. The number of thioether (sulfide) groups is 2. The van der Waals surface area contributed by atoms with Gasteiger partial charge in [0, 0.05) is 11.5 Å². The smallest absolute Gasteiger partial charge is 0.151 e. The van der Waals surface area contributed by atoms with Crippen LogP contribution < -0.4 is 11.5 Å². The van der Waals surface area contributed by atoms with Crippen LogP contribution in [0.4, 0.5) is 0 Å². The maximum absolute atomic E-state index is 7.22. The lowest BCUT2D eigenvalue weighted by molar-refractivity contribution is 1.26. The normalized spacial score (nSPS) is 10.2. The summed E-state index contributed by atoms with van der Waals surface area (Å²) in [5.41, 5.74) is 14.1. The molecule has 6 N–H and O–H groups in total. The van der Waals surface area contributed by atoms with Crippen LogP contribution in [0.1, 0.15) is 16.7 Å². The number of benzene rings is 1. The lowest BCUT2D eigenvalue weighted by atomic mass is 10.1. The molecule has 0 aliphatic rings. The number of nitrogens with one attached hydrogen (secondary N) is 2. The quantitative estimate of drug-likeness (QED) is 0.497. The highest BCUT2D eigenvalue weighted by Gasteiger charge is 2.05. The highest BCUT2D eigenvalue weighted by molar-refractivity contribution is 8.13. The minimum atomic E-state index is 0.121. The molecule has 4 nitrogen and oxygen atoms in total. The van der Waals surface area contributed by atoms with Gasteiger partial charge >= 0.3 is 0 Å². The Bertz CT molecular complexity index is 431. The Hall–Kier alpha value is -1.14. The second-order valence-electron chi connectivity index (χ2n) is 3.58. The molecule has 92 valence electrons.